The number of likely N-dealkylation sites (tertiary alicyclic amines) is 1. The van der Waals surface area contributed by atoms with Crippen LogP contribution in [0.2, 0.25) is 0 Å². The van der Waals surface area contributed by atoms with E-state index in [1.54, 1.807) is 29.2 Å². The molecule has 2 rings (SSSR count). The van der Waals surface area contributed by atoms with Crippen molar-refractivity contribution in [3.63, 3.8) is 0 Å². The van der Waals surface area contributed by atoms with Crippen LogP contribution in [0.3, 0.4) is 0 Å². The molecule has 1 aliphatic heterocycles. The summed E-state index contributed by atoms with van der Waals surface area (Å²) in [6.45, 7) is 1.20. The number of primary amides is 1. The van der Waals surface area contributed by atoms with E-state index in [9.17, 15) is 9.59 Å². The molecule has 1 saturated heterocycles. The summed E-state index contributed by atoms with van der Waals surface area (Å²) in [5.74, 6) is -0.0146. The van der Waals surface area contributed by atoms with Crippen LogP contribution in [0.4, 0.5) is 0 Å². The number of amides is 2. The standard InChI is InChI=1S/C14H19N3O3/c15-8-11-2-1-7-17(11)13(18)9-20-12-5-3-10(4-6-12)14(16)19/h3-6,11H,1-2,7-9,15H2,(H2,16,19). The Morgan fingerprint density at radius 2 is 2.00 bits per heavy atom. The summed E-state index contributed by atoms with van der Waals surface area (Å²) in [5, 5.41) is 0. The highest BCUT2D eigenvalue weighted by Gasteiger charge is 2.27. The number of carbonyl (C=O) groups is 2. The number of hydrogen-bond donors (Lipinski definition) is 2. The van der Waals surface area contributed by atoms with Crippen LogP contribution in [0.5, 0.6) is 5.75 Å². The number of nitrogens with two attached hydrogens (primary N) is 2. The smallest absolute Gasteiger partial charge is 0.260 e. The second-order valence-corrected chi connectivity index (χ2v) is 4.80. The third kappa shape index (κ3) is 3.27. The summed E-state index contributed by atoms with van der Waals surface area (Å²) in [4.78, 5) is 24.7. The fourth-order valence-corrected chi connectivity index (χ4v) is 2.35. The van der Waals surface area contributed by atoms with Crippen LogP contribution in [-0.4, -0.2) is 42.5 Å². The van der Waals surface area contributed by atoms with Crippen molar-refractivity contribution in [3.8, 4) is 5.75 Å². The van der Waals surface area contributed by atoms with E-state index >= 15 is 0 Å². The average molecular weight is 277 g/mol. The van der Waals surface area contributed by atoms with Crippen molar-refractivity contribution in [3.05, 3.63) is 29.8 Å². The maximum absolute atomic E-state index is 12.0. The molecule has 0 aromatic heterocycles. The van der Waals surface area contributed by atoms with Crippen molar-refractivity contribution < 1.29 is 14.3 Å². The molecule has 0 aliphatic carbocycles. The van der Waals surface area contributed by atoms with Crippen molar-refractivity contribution in [1.29, 1.82) is 0 Å². The van der Waals surface area contributed by atoms with E-state index in [1.807, 2.05) is 0 Å². The third-order valence-electron chi connectivity index (χ3n) is 3.47. The highest BCUT2D eigenvalue weighted by atomic mass is 16.5. The lowest BCUT2D eigenvalue weighted by molar-refractivity contribution is -0.134. The van der Waals surface area contributed by atoms with Gasteiger partial charge < -0.3 is 21.1 Å². The lowest BCUT2D eigenvalue weighted by atomic mass is 10.2. The molecule has 20 heavy (non-hydrogen) atoms. The van der Waals surface area contributed by atoms with Crippen LogP contribution >= 0.6 is 0 Å². The number of hydrogen-bond acceptors (Lipinski definition) is 4. The minimum absolute atomic E-state index is 0.0214. The summed E-state index contributed by atoms with van der Waals surface area (Å²) in [6, 6.07) is 6.51. The SMILES string of the molecule is NCC1CCCN1C(=O)COc1ccc(C(N)=O)cc1. The zero-order chi connectivity index (χ0) is 14.5. The first-order valence-corrected chi connectivity index (χ1v) is 6.64. The lowest BCUT2D eigenvalue weighted by Crippen LogP contribution is -2.42. The molecule has 1 atom stereocenters. The quantitative estimate of drug-likeness (QED) is 0.798. The first-order chi connectivity index (χ1) is 9.61. The van der Waals surface area contributed by atoms with Gasteiger partial charge in [0.1, 0.15) is 5.75 Å². The van der Waals surface area contributed by atoms with Gasteiger partial charge in [0.05, 0.1) is 0 Å². The zero-order valence-corrected chi connectivity index (χ0v) is 11.2. The highest BCUT2D eigenvalue weighted by Crippen LogP contribution is 2.17. The maximum atomic E-state index is 12.0. The van der Waals surface area contributed by atoms with Crippen molar-refractivity contribution in [2.45, 2.75) is 18.9 Å². The van der Waals surface area contributed by atoms with Crippen molar-refractivity contribution in [2.75, 3.05) is 19.7 Å². The number of carbonyl (C=O) groups excluding carboxylic acids is 2. The summed E-state index contributed by atoms with van der Waals surface area (Å²) >= 11 is 0. The molecule has 0 saturated carbocycles. The predicted molar refractivity (Wildman–Crippen MR) is 74.2 cm³/mol. The Morgan fingerprint density at radius 3 is 2.60 bits per heavy atom. The first kappa shape index (κ1) is 14.3. The highest BCUT2D eigenvalue weighted by molar-refractivity contribution is 5.92. The molecule has 0 bridgehead atoms. The minimum atomic E-state index is -0.490. The molecule has 1 unspecified atom stereocenters. The molecule has 1 aliphatic rings. The largest absolute Gasteiger partial charge is 0.484 e. The Bertz CT molecular complexity index is 487. The van der Waals surface area contributed by atoms with Crippen molar-refractivity contribution >= 4 is 11.8 Å². The van der Waals surface area contributed by atoms with E-state index in [0.717, 1.165) is 19.4 Å². The van der Waals surface area contributed by atoms with Gasteiger partial charge in [-0.3, -0.25) is 9.59 Å². The van der Waals surface area contributed by atoms with E-state index in [4.69, 9.17) is 16.2 Å². The van der Waals surface area contributed by atoms with E-state index in [1.165, 1.54) is 0 Å². The van der Waals surface area contributed by atoms with E-state index in [-0.39, 0.29) is 18.6 Å². The number of benzene rings is 1. The van der Waals surface area contributed by atoms with Gasteiger partial charge in [0.2, 0.25) is 5.91 Å². The molecule has 6 heteroatoms. The molecular weight excluding hydrogens is 258 g/mol. The van der Waals surface area contributed by atoms with Gasteiger partial charge in [-0.25, -0.2) is 0 Å². The zero-order valence-electron chi connectivity index (χ0n) is 11.2. The lowest BCUT2D eigenvalue weighted by Gasteiger charge is -2.23. The Morgan fingerprint density at radius 1 is 1.30 bits per heavy atom. The van der Waals surface area contributed by atoms with Gasteiger partial charge in [-0.1, -0.05) is 0 Å². The molecular formula is C14H19N3O3. The van der Waals surface area contributed by atoms with Crippen LogP contribution < -0.4 is 16.2 Å². The molecule has 2 amide bonds. The Kier molecular flexibility index (Phi) is 4.57. The van der Waals surface area contributed by atoms with Gasteiger partial charge in [-0.15, -0.1) is 0 Å². The molecule has 108 valence electrons. The van der Waals surface area contributed by atoms with Gasteiger partial charge in [0.25, 0.3) is 5.91 Å². The Balaban J connectivity index is 1.88. The van der Waals surface area contributed by atoms with Crippen LogP contribution in [0, 0.1) is 0 Å². The summed E-state index contributed by atoms with van der Waals surface area (Å²) in [6.07, 6.45) is 1.94. The summed E-state index contributed by atoms with van der Waals surface area (Å²) in [5.41, 5.74) is 11.2. The maximum Gasteiger partial charge on any atom is 0.260 e. The van der Waals surface area contributed by atoms with Gasteiger partial charge in [0, 0.05) is 24.7 Å². The molecule has 0 spiro atoms. The second-order valence-electron chi connectivity index (χ2n) is 4.80. The van der Waals surface area contributed by atoms with Crippen molar-refractivity contribution in [1.82, 2.24) is 4.90 Å². The number of ether oxygens (including phenoxy) is 1. The fourth-order valence-electron chi connectivity index (χ4n) is 2.35. The predicted octanol–water partition coefficient (Wildman–Crippen LogP) is 0.114. The average Bonchev–Trinajstić information content (AvgIpc) is 2.93. The number of nitrogens with zero attached hydrogens (tertiary/aromatic N) is 1. The molecule has 1 aromatic rings. The normalized spacial score (nSPS) is 18.1. The Hall–Kier alpha value is -2.08. The third-order valence-corrected chi connectivity index (χ3v) is 3.47. The molecule has 0 radical (unpaired) electrons. The van der Waals surface area contributed by atoms with E-state index in [2.05, 4.69) is 0 Å². The van der Waals surface area contributed by atoms with Gasteiger partial charge in [-0.05, 0) is 37.1 Å². The monoisotopic (exact) mass is 277 g/mol. The first-order valence-electron chi connectivity index (χ1n) is 6.64. The molecule has 6 nitrogen and oxygen atoms in total. The van der Waals surface area contributed by atoms with E-state index in [0.29, 0.717) is 17.9 Å². The second kappa shape index (κ2) is 6.38. The van der Waals surface area contributed by atoms with Gasteiger partial charge in [0.15, 0.2) is 6.61 Å². The van der Waals surface area contributed by atoms with E-state index < -0.39 is 5.91 Å². The Labute approximate surface area is 117 Å². The molecule has 1 fully saturated rings. The van der Waals surface area contributed by atoms with Crippen LogP contribution in [-0.2, 0) is 4.79 Å². The van der Waals surface area contributed by atoms with Crippen LogP contribution in [0.15, 0.2) is 24.3 Å². The van der Waals surface area contributed by atoms with Gasteiger partial charge >= 0.3 is 0 Å². The van der Waals surface area contributed by atoms with Crippen molar-refractivity contribution in [2.24, 2.45) is 11.5 Å². The fraction of sp³-hybridized carbons (Fsp3) is 0.429. The summed E-state index contributed by atoms with van der Waals surface area (Å²) < 4.78 is 5.42. The number of rotatable bonds is 5. The molecule has 1 heterocycles. The molecule has 4 N–H and O–H groups in total. The van der Waals surface area contributed by atoms with Crippen LogP contribution in [0.25, 0.3) is 0 Å². The molecule has 1 aromatic carbocycles. The topological polar surface area (TPSA) is 98.7 Å². The summed E-state index contributed by atoms with van der Waals surface area (Å²) in [7, 11) is 0. The van der Waals surface area contributed by atoms with Crippen LogP contribution in [0.1, 0.15) is 23.2 Å². The van der Waals surface area contributed by atoms with Gasteiger partial charge in [-0.2, -0.15) is 0 Å². The minimum Gasteiger partial charge on any atom is -0.484 e.